The van der Waals surface area contributed by atoms with Crippen LogP contribution in [0.1, 0.15) is 118 Å². The van der Waals surface area contributed by atoms with Crippen LogP contribution in [0.3, 0.4) is 0 Å². The first kappa shape index (κ1) is 40.8. The summed E-state index contributed by atoms with van der Waals surface area (Å²) < 4.78 is 1.56. The Morgan fingerprint density at radius 3 is 2.23 bits per heavy atom. The van der Waals surface area contributed by atoms with Crippen molar-refractivity contribution in [2.75, 3.05) is 18.4 Å². The van der Waals surface area contributed by atoms with Gasteiger partial charge in [0.15, 0.2) is 0 Å². The van der Waals surface area contributed by atoms with E-state index >= 15 is 0 Å². The SMILES string of the molecule is O=C1CCC(N2C(=O)c3cccc(NCCCCCCCCCCCNC(=O)c4cccc(SCc5cn(-c6cccc(C(=O)NO)c6)nn5)c4)c3C2=O)C(=O)N1. The molecule has 0 bridgehead atoms. The van der Waals surface area contributed by atoms with Gasteiger partial charge in [-0.3, -0.25) is 44.2 Å². The molecule has 4 aromatic rings. The number of piperidine rings is 1. The van der Waals surface area contributed by atoms with Crippen molar-refractivity contribution in [2.24, 2.45) is 0 Å². The van der Waals surface area contributed by atoms with E-state index in [1.54, 1.807) is 76.7 Å². The van der Waals surface area contributed by atoms with E-state index in [-0.39, 0.29) is 29.9 Å². The molecule has 2 aliphatic heterocycles. The summed E-state index contributed by atoms with van der Waals surface area (Å²) in [4.78, 5) is 76.7. The summed E-state index contributed by atoms with van der Waals surface area (Å²) >= 11 is 1.54. The number of nitrogens with one attached hydrogen (secondary N) is 4. The van der Waals surface area contributed by atoms with Gasteiger partial charge in [0.1, 0.15) is 6.04 Å². The molecule has 1 aromatic heterocycles. The van der Waals surface area contributed by atoms with E-state index in [1.807, 2.05) is 18.2 Å². The quantitative estimate of drug-likeness (QED) is 0.0251. The highest BCUT2D eigenvalue weighted by Gasteiger charge is 2.45. The van der Waals surface area contributed by atoms with Gasteiger partial charge in [-0.1, -0.05) is 68.4 Å². The molecule has 1 saturated heterocycles. The third-order valence-corrected chi connectivity index (χ3v) is 10.9. The Labute approximate surface area is 334 Å². The topological polar surface area (TPSA) is 205 Å². The number of benzene rings is 3. The maximum atomic E-state index is 13.3. The zero-order valence-corrected chi connectivity index (χ0v) is 32.3. The molecule has 1 fully saturated rings. The number of unbranched alkanes of at least 4 members (excludes halogenated alkanes) is 8. The Balaban J connectivity index is 0.807. The second-order valence-corrected chi connectivity index (χ2v) is 15.1. The standard InChI is InChI=1S/C41H46N8O7S/c50-35-20-19-34(39(53)44-35)49-40(54)32-17-12-18-33(36(32)41(49)55)42-21-8-6-4-2-1-3-5-7-9-22-43-37(51)28-14-11-16-31(24-28)57-26-29-25-48(47-45-29)30-15-10-13-27(23-30)38(52)46-56/h10-18,23-25,34,42,56H,1-9,19-22,26H2,(H,43,51)(H,46,52)(H,44,50,53). The average molecular weight is 795 g/mol. The van der Waals surface area contributed by atoms with Gasteiger partial charge in [-0.05, 0) is 67.8 Å². The lowest BCUT2D eigenvalue weighted by molar-refractivity contribution is -0.136. The number of hydrogen-bond donors (Lipinski definition) is 5. The summed E-state index contributed by atoms with van der Waals surface area (Å²) in [5.74, 6) is -2.21. The molecule has 298 valence electrons. The maximum Gasteiger partial charge on any atom is 0.274 e. The second kappa shape index (κ2) is 19.8. The van der Waals surface area contributed by atoms with E-state index in [9.17, 15) is 28.8 Å². The molecule has 1 atom stereocenters. The number of hydrogen-bond acceptors (Lipinski definition) is 11. The molecule has 2 aliphatic rings. The van der Waals surface area contributed by atoms with Gasteiger partial charge in [0.05, 0.1) is 28.7 Å². The number of amides is 6. The number of hydroxylamine groups is 1. The number of carbonyl (C=O) groups excluding carboxylic acids is 6. The fraction of sp³-hybridized carbons (Fsp3) is 0.366. The molecule has 3 aromatic carbocycles. The molecule has 0 saturated carbocycles. The lowest BCUT2D eigenvalue weighted by Crippen LogP contribution is -2.54. The molecule has 15 nitrogen and oxygen atoms in total. The Hall–Kier alpha value is -5.87. The van der Waals surface area contributed by atoms with Crippen LogP contribution in [-0.4, -0.2) is 79.7 Å². The monoisotopic (exact) mass is 794 g/mol. The Kier molecular flexibility index (Phi) is 14.2. The molecule has 1 unspecified atom stereocenters. The van der Waals surface area contributed by atoms with Gasteiger partial charge in [0.2, 0.25) is 11.8 Å². The van der Waals surface area contributed by atoms with Crippen LogP contribution < -0.4 is 21.4 Å². The molecule has 6 rings (SSSR count). The van der Waals surface area contributed by atoms with E-state index in [2.05, 4.69) is 26.3 Å². The summed E-state index contributed by atoms with van der Waals surface area (Å²) in [6.07, 6.45) is 11.5. The second-order valence-electron chi connectivity index (χ2n) is 14.0. The van der Waals surface area contributed by atoms with Crippen molar-refractivity contribution in [1.29, 1.82) is 0 Å². The third kappa shape index (κ3) is 10.5. The number of thioether (sulfide) groups is 1. The predicted octanol–water partition coefficient (Wildman–Crippen LogP) is 5.43. The van der Waals surface area contributed by atoms with Gasteiger partial charge >= 0.3 is 0 Å². The highest BCUT2D eigenvalue weighted by Crippen LogP contribution is 2.32. The van der Waals surface area contributed by atoms with Gasteiger partial charge in [0, 0.05) is 47.0 Å². The van der Waals surface area contributed by atoms with Crippen LogP contribution in [0.4, 0.5) is 5.69 Å². The number of imide groups is 2. The number of carbonyl (C=O) groups is 6. The van der Waals surface area contributed by atoms with Gasteiger partial charge in [-0.15, -0.1) is 16.9 Å². The minimum absolute atomic E-state index is 0.0840. The maximum absolute atomic E-state index is 13.3. The normalized spacial score (nSPS) is 15.0. The van der Waals surface area contributed by atoms with Crippen molar-refractivity contribution >= 4 is 52.9 Å². The highest BCUT2D eigenvalue weighted by molar-refractivity contribution is 7.98. The van der Waals surface area contributed by atoms with Gasteiger partial charge in [0.25, 0.3) is 23.6 Å². The van der Waals surface area contributed by atoms with Gasteiger partial charge in [-0.25, -0.2) is 10.2 Å². The average Bonchev–Trinajstić information content (AvgIpc) is 3.80. The van der Waals surface area contributed by atoms with Crippen LogP contribution in [0.5, 0.6) is 0 Å². The van der Waals surface area contributed by atoms with E-state index in [0.29, 0.717) is 41.3 Å². The molecule has 16 heteroatoms. The van der Waals surface area contributed by atoms with Crippen molar-refractivity contribution < 1.29 is 34.0 Å². The molecule has 3 heterocycles. The van der Waals surface area contributed by atoms with E-state index < -0.39 is 35.6 Å². The number of anilines is 1. The number of fused-ring (bicyclic) bond motifs is 1. The summed E-state index contributed by atoms with van der Waals surface area (Å²) in [6.45, 7) is 1.27. The van der Waals surface area contributed by atoms with Crippen molar-refractivity contribution in [3.8, 4) is 5.69 Å². The van der Waals surface area contributed by atoms with Crippen molar-refractivity contribution in [1.82, 2.24) is 36.0 Å². The minimum Gasteiger partial charge on any atom is -0.384 e. The summed E-state index contributed by atoms with van der Waals surface area (Å²) in [6, 6.07) is 18.3. The van der Waals surface area contributed by atoms with Crippen molar-refractivity contribution in [3.05, 3.63) is 101 Å². The molecular weight excluding hydrogens is 749 g/mol. The van der Waals surface area contributed by atoms with Crippen LogP contribution in [-0.2, 0) is 15.3 Å². The highest BCUT2D eigenvalue weighted by atomic mass is 32.2. The zero-order valence-electron chi connectivity index (χ0n) is 31.5. The summed E-state index contributed by atoms with van der Waals surface area (Å²) in [5.41, 5.74) is 5.02. The molecule has 5 N–H and O–H groups in total. The molecule has 0 aliphatic carbocycles. The zero-order chi connectivity index (χ0) is 40.1. The van der Waals surface area contributed by atoms with E-state index in [0.717, 1.165) is 73.3 Å². The van der Waals surface area contributed by atoms with Crippen LogP contribution in [0.15, 0.2) is 77.8 Å². The smallest absolute Gasteiger partial charge is 0.274 e. The first-order chi connectivity index (χ1) is 27.7. The molecule has 0 spiro atoms. The Morgan fingerprint density at radius 2 is 1.49 bits per heavy atom. The van der Waals surface area contributed by atoms with E-state index in [4.69, 9.17) is 5.21 Å². The van der Waals surface area contributed by atoms with Crippen LogP contribution in [0, 0.1) is 0 Å². The minimum atomic E-state index is -0.983. The fourth-order valence-corrected chi connectivity index (χ4v) is 7.74. The third-order valence-electron chi connectivity index (χ3n) is 9.92. The van der Waals surface area contributed by atoms with Crippen LogP contribution >= 0.6 is 11.8 Å². The van der Waals surface area contributed by atoms with Crippen LogP contribution in [0.2, 0.25) is 0 Å². The summed E-state index contributed by atoms with van der Waals surface area (Å²) in [7, 11) is 0. The van der Waals surface area contributed by atoms with Gasteiger partial charge in [-0.2, -0.15) is 0 Å². The largest absolute Gasteiger partial charge is 0.384 e. The summed E-state index contributed by atoms with van der Waals surface area (Å²) in [5, 5.41) is 25.8. The number of rotatable bonds is 20. The predicted molar refractivity (Wildman–Crippen MR) is 212 cm³/mol. The first-order valence-electron chi connectivity index (χ1n) is 19.3. The lowest BCUT2D eigenvalue weighted by Gasteiger charge is -2.27. The Bertz CT molecular complexity index is 2120. The van der Waals surface area contributed by atoms with Gasteiger partial charge < -0.3 is 10.6 Å². The molecule has 6 amide bonds. The lowest BCUT2D eigenvalue weighted by atomic mass is 10.0. The van der Waals surface area contributed by atoms with Crippen molar-refractivity contribution in [2.45, 2.75) is 87.3 Å². The van der Waals surface area contributed by atoms with E-state index in [1.165, 1.54) is 0 Å². The first-order valence-corrected chi connectivity index (χ1v) is 20.3. The Morgan fingerprint density at radius 1 is 0.807 bits per heavy atom. The molecular formula is C41H46N8O7S. The fourth-order valence-electron chi connectivity index (χ4n) is 6.91. The molecule has 57 heavy (non-hydrogen) atoms. The number of nitrogens with zero attached hydrogens (tertiary/aromatic N) is 4. The molecule has 0 radical (unpaired) electrons. The van der Waals surface area contributed by atoms with Crippen LogP contribution in [0.25, 0.3) is 5.69 Å². The van der Waals surface area contributed by atoms with Crippen molar-refractivity contribution in [3.63, 3.8) is 0 Å². The number of aromatic nitrogens is 3.